The molecule has 0 spiro atoms. The van der Waals surface area contributed by atoms with E-state index in [0.29, 0.717) is 11.5 Å². The lowest BCUT2D eigenvalue weighted by Gasteiger charge is -2.29. The number of hydrogen-bond acceptors (Lipinski definition) is 6. The van der Waals surface area contributed by atoms with Crippen molar-refractivity contribution in [2.24, 2.45) is 0 Å². The first-order chi connectivity index (χ1) is 15.2. The molecule has 0 saturated heterocycles. The number of ether oxygens (including phenoxy) is 4. The number of para-hydroxylation sites is 2. The van der Waals surface area contributed by atoms with Crippen LogP contribution in [0, 0.1) is 0 Å². The second-order valence-electron chi connectivity index (χ2n) is 9.01. The Morgan fingerprint density at radius 2 is 1.00 bits per heavy atom. The monoisotopic (exact) mass is 430 g/mol. The fourth-order valence-corrected chi connectivity index (χ4v) is 4.73. The number of benzene rings is 1. The number of carbonyl (C=O) groups is 2. The molecule has 6 nitrogen and oxygen atoms in total. The molecule has 0 aromatic heterocycles. The Labute approximate surface area is 184 Å². The minimum atomic E-state index is -2.21. The Kier molecular flexibility index (Phi) is 7.36. The van der Waals surface area contributed by atoms with E-state index in [4.69, 9.17) is 18.9 Å². The van der Waals surface area contributed by atoms with Crippen LogP contribution in [-0.4, -0.2) is 29.9 Å². The van der Waals surface area contributed by atoms with Gasteiger partial charge in [-0.05, 0) is 63.5 Å². The molecule has 0 N–H and O–H groups in total. The van der Waals surface area contributed by atoms with Crippen LogP contribution in [0.1, 0.15) is 89.9 Å². The topological polar surface area (TPSA) is 71.1 Å². The van der Waals surface area contributed by atoms with Crippen LogP contribution in [0.2, 0.25) is 0 Å². The normalized spacial score (nSPS) is 22.5. The van der Waals surface area contributed by atoms with Crippen molar-refractivity contribution in [2.45, 2.75) is 108 Å². The van der Waals surface area contributed by atoms with Crippen LogP contribution in [0.25, 0.3) is 0 Å². The SMILES string of the molecule is O=C(OC1CCCCCCC1)C1(C(=O)OC2CCCCCCC2)Oc2ccccc2O1. The molecule has 2 fully saturated rings. The number of fused-ring (bicyclic) bond motifs is 1. The average Bonchev–Trinajstić information content (AvgIpc) is 3.13. The Morgan fingerprint density at radius 3 is 1.39 bits per heavy atom. The third-order valence-corrected chi connectivity index (χ3v) is 6.55. The van der Waals surface area contributed by atoms with E-state index in [1.165, 1.54) is 12.8 Å². The fraction of sp³-hybridized carbons (Fsp3) is 0.680. The molecule has 1 aromatic rings. The van der Waals surface area contributed by atoms with Crippen LogP contribution in [0.4, 0.5) is 0 Å². The van der Waals surface area contributed by atoms with Crippen molar-refractivity contribution < 1.29 is 28.5 Å². The lowest BCUT2D eigenvalue weighted by atomic mass is 9.98. The van der Waals surface area contributed by atoms with Crippen LogP contribution in [0.3, 0.4) is 0 Å². The number of esters is 2. The summed E-state index contributed by atoms with van der Waals surface area (Å²) in [6.45, 7) is 0. The predicted molar refractivity (Wildman–Crippen MR) is 115 cm³/mol. The van der Waals surface area contributed by atoms with Gasteiger partial charge in [-0.1, -0.05) is 50.7 Å². The zero-order valence-corrected chi connectivity index (χ0v) is 18.3. The molecule has 0 amide bonds. The molecule has 0 radical (unpaired) electrons. The van der Waals surface area contributed by atoms with Crippen molar-refractivity contribution in [3.05, 3.63) is 24.3 Å². The van der Waals surface area contributed by atoms with Crippen molar-refractivity contribution in [1.29, 1.82) is 0 Å². The van der Waals surface area contributed by atoms with Gasteiger partial charge >= 0.3 is 17.7 Å². The van der Waals surface area contributed by atoms with Crippen LogP contribution < -0.4 is 9.47 Å². The minimum Gasteiger partial charge on any atom is -0.456 e. The first kappa shape index (κ1) is 22.0. The summed E-state index contributed by atoms with van der Waals surface area (Å²) >= 11 is 0. The molecule has 0 bridgehead atoms. The summed E-state index contributed by atoms with van der Waals surface area (Å²) in [5.41, 5.74) is 0. The number of rotatable bonds is 4. The van der Waals surface area contributed by atoms with Crippen molar-refractivity contribution in [3.8, 4) is 11.5 Å². The molecule has 4 rings (SSSR count). The van der Waals surface area contributed by atoms with Gasteiger partial charge in [0.15, 0.2) is 11.5 Å². The van der Waals surface area contributed by atoms with Crippen LogP contribution in [0.5, 0.6) is 11.5 Å². The zero-order valence-electron chi connectivity index (χ0n) is 18.3. The third-order valence-electron chi connectivity index (χ3n) is 6.55. The van der Waals surface area contributed by atoms with Crippen LogP contribution in [-0.2, 0) is 19.1 Å². The molecule has 170 valence electrons. The summed E-state index contributed by atoms with van der Waals surface area (Å²) in [6, 6.07) is 6.92. The van der Waals surface area contributed by atoms with Crippen LogP contribution >= 0.6 is 0 Å². The first-order valence-electron chi connectivity index (χ1n) is 12.1. The van der Waals surface area contributed by atoms with Crippen LogP contribution in [0.15, 0.2) is 24.3 Å². The van der Waals surface area contributed by atoms with E-state index < -0.39 is 17.7 Å². The van der Waals surface area contributed by atoms with E-state index in [9.17, 15) is 9.59 Å². The Morgan fingerprint density at radius 1 is 0.645 bits per heavy atom. The molecule has 1 aliphatic heterocycles. The molecule has 31 heavy (non-hydrogen) atoms. The molecule has 6 heteroatoms. The molecule has 1 aromatic carbocycles. The summed E-state index contributed by atoms with van der Waals surface area (Å²) in [5, 5.41) is 0. The highest BCUT2D eigenvalue weighted by Crippen LogP contribution is 2.41. The lowest BCUT2D eigenvalue weighted by Crippen LogP contribution is -2.57. The average molecular weight is 431 g/mol. The highest BCUT2D eigenvalue weighted by molar-refractivity contribution is 6.03. The maximum absolute atomic E-state index is 13.3. The van der Waals surface area contributed by atoms with Crippen molar-refractivity contribution in [1.82, 2.24) is 0 Å². The van der Waals surface area contributed by atoms with Gasteiger partial charge in [0, 0.05) is 0 Å². The van der Waals surface area contributed by atoms with Crippen molar-refractivity contribution in [2.75, 3.05) is 0 Å². The van der Waals surface area contributed by atoms with Gasteiger partial charge < -0.3 is 18.9 Å². The van der Waals surface area contributed by atoms with Gasteiger partial charge in [-0.3, -0.25) is 0 Å². The van der Waals surface area contributed by atoms with Gasteiger partial charge in [-0.2, -0.15) is 0 Å². The smallest absolute Gasteiger partial charge is 0.453 e. The summed E-state index contributed by atoms with van der Waals surface area (Å²) in [5.74, 6) is -3.11. The zero-order chi connectivity index (χ0) is 21.5. The quantitative estimate of drug-likeness (QED) is 0.466. The molecule has 2 saturated carbocycles. The lowest BCUT2D eigenvalue weighted by molar-refractivity contribution is -0.209. The summed E-state index contributed by atoms with van der Waals surface area (Å²) < 4.78 is 23.3. The van der Waals surface area contributed by atoms with Gasteiger partial charge in [0.1, 0.15) is 12.2 Å². The van der Waals surface area contributed by atoms with E-state index >= 15 is 0 Å². The largest absolute Gasteiger partial charge is 0.456 e. The standard InChI is InChI=1S/C25H34O6/c26-23(28-19-13-7-3-1-4-8-14-19)25(30-21-17-11-12-18-22(21)31-25)24(27)29-20-15-9-5-2-6-10-16-20/h11-12,17-20H,1-10,13-16H2. The molecule has 0 unspecified atom stereocenters. The molecule has 3 aliphatic rings. The maximum Gasteiger partial charge on any atom is 0.453 e. The highest BCUT2D eigenvalue weighted by Gasteiger charge is 2.60. The Bertz CT molecular complexity index is 681. The molecular formula is C25H34O6. The number of hydrogen-bond donors (Lipinski definition) is 0. The molecule has 0 atom stereocenters. The minimum absolute atomic E-state index is 0.227. The fourth-order valence-electron chi connectivity index (χ4n) is 4.73. The second kappa shape index (κ2) is 10.4. The Balaban J connectivity index is 1.50. The Hall–Kier alpha value is -2.24. The summed E-state index contributed by atoms with van der Waals surface area (Å²) in [4.78, 5) is 26.7. The highest BCUT2D eigenvalue weighted by atomic mass is 16.8. The summed E-state index contributed by atoms with van der Waals surface area (Å²) in [6.07, 6.45) is 13.8. The third kappa shape index (κ3) is 5.34. The first-order valence-corrected chi connectivity index (χ1v) is 12.1. The summed E-state index contributed by atoms with van der Waals surface area (Å²) in [7, 11) is 0. The van der Waals surface area contributed by atoms with E-state index in [-0.39, 0.29) is 12.2 Å². The van der Waals surface area contributed by atoms with Crippen molar-refractivity contribution >= 4 is 11.9 Å². The van der Waals surface area contributed by atoms with Gasteiger partial charge in [0.05, 0.1) is 0 Å². The van der Waals surface area contributed by atoms with Gasteiger partial charge in [0.25, 0.3) is 0 Å². The number of carbonyl (C=O) groups excluding carboxylic acids is 2. The van der Waals surface area contributed by atoms with Crippen molar-refractivity contribution in [3.63, 3.8) is 0 Å². The van der Waals surface area contributed by atoms with E-state index in [1.54, 1.807) is 24.3 Å². The van der Waals surface area contributed by atoms with E-state index in [2.05, 4.69) is 0 Å². The van der Waals surface area contributed by atoms with Gasteiger partial charge in [-0.25, -0.2) is 9.59 Å². The van der Waals surface area contributed by atoms with Gasteiger partial charge in [-0.15, -0.1) is 0 Å². The van der Waals surface area contributed by atoms with E-state index in [1.807, 2.05) is 0 Å². The predicted octanol–water partition coefficient (Wildman–Crippen LogP) is 5.47. The maximum atomic E-state index is 13.3. The van der Waals surface area contributed by atoms with E-state index in [0.717, 1.165) is 77.0 Å². The second-order valence-corrected chi connectivity index (χ2v) is 9.01. The molecule has 2 aliphatic carbocycles. The van der Waals surface area contributed by atoms with Gasteiger partial charge in [0.2, 0.25) is 0 Å². The molecule has 1 heterocycles. The molecular weight excluding hydrogens is 396 g/mol.